The van der Waals surface area contributed by atoms with E-state index < -0.39 is 0 Å². The van der Waals surface area contributed by atoms with Crippen molar-refractivity contribution in [3.8, 4) is 0 Å². The first kappa shape index (κ1) is 21.6. The highest BCUT2D eigenvalue weighted by atomic mass is 16.2. The van der Waals surface area contributed by atoms with Crippen LogP contribution in [-0.4, -0.2) is 56.8 Å². The molecule has 2 saturated heterocycles. The van der Waals surface area contributed by atoms with Gasteiger partial charge in [0.2, 0.25) is 11.8 Å². The Bertz CT molecular complexity index is 1150. The molecule has 3 heterocycles. The van der Waals surface area contributed by atoms with Crippen LogP contribution in [0.15, 0.2) is 41.3 Å². The summed E-state index contributed by atoms with van der Waals surface area (Å²) in [6.07, 6.45) is 9.88. The van der Waals surface area contributed by atoms with E-state index >= 15 is 0 Å². The lowest BCUT2D eigenvalue weighted by Crippen LogP contribution is -2.47. The second kappa shape index (κ2) is 8.96. The number of aromatic amines is 1. The molecule has 3 aliphatic rings. The van der Waals surface area contributed by atoms with Crippen LogP contribution in [0.1, 0.15) is 48.2 Å². The minimum absolute atomic E-state index is 0.0332. The van der Waals surface area contributed by atoms with Gasteiger partial charge in [0.05, 0.1) is 5.56 Å². The molecule has 0 spiro atoms. The quantitative estimate of drug-likeness (QED) is 0.734. The third-order valence-corrected chi connectivity index (χ3v) is 7.40. The summed E-state index contributed by atoms with van der Waals surface area (Å²) in [5.41, 5.74) is 2.77. The first-order valence-corrected chi connectivity index (χ1v) is 11.9. The third kappa shape index (κ3) is 4.36. The summed E-state index contributed by atoms with van der Waals surface area (Å²) in [7, 11) is 0. The summed E-state index contributed by atoms with van der Waals surface area (Å²) in [5, 5.41) is 0. The minimum Gasteiger partial charge on any atom is -0.337 e. The Morgan fingerprint density at radius 3 is 2.70 bits per heavy atom. The van der Waals surface area contributed by atoms with Crippen LogP contribution in [-0.2, 0) is 22.4 Å². The molecule has 3 unspecified atom stereocenters. The molecule has 172 valence electrons. The highest BCUT2D eigenvalue weighted by Gasteiger charge is 2.43. The van der Waals surface area contributed by atoms with Gasteiger partial charge in [-0.25, -0.2) is 4.98 Å². The molecule has 2 aromatic rings. The Hall–Kier alpha value is -3.22. The van der Waals surface area contributed by atoms with Crippen molar-refractivity contribution in [1.82, 2.24) is 19.8 Å². The van der Waals surface area contributed by atoms with Gasteiger partial charge < -0.3 is 14.8 Å². The smallest absolute Gasteiger partial charge is 0.258 e. The molecule has 7 heteroatoms. The van der Waals surface area contributed by atoms with Crippen LogP contribution in [0.4, 0.5) is 0 Å². The maximum absolute atomic E-state index is 13.6. The fourth-order valence-electron chi connectivity index (χ4n) is 5.63. The first-order chi connectivity index (χ1) is 16.0. The van der Waals surface area contributed by atoms with Gasteiger partial charge in [-0.2, -0.15) is 0 Å². The minimum atomic E-state index is -0.257. The number of aryl methyl sites for hydroxylation is 2. The van der Waals surface area contributed by atoms with Gasteiger partial charge in [0.25, 0.3) is 5.56 Å². The van der Waals surface area contributed by atoms with E-state index in [9.17, 15) is 14.4 Å². The van der Waals surface area contributed by atoms with Crippen LogP contribution in [0.25, 0.3) is 6.08 Å². The topological polar surface area (TPSA) is 86.4 Å². The summed E-state index contributed by atoms with van der Waals surface area (Å²) in [6.45, 7) is 2.90. The number of hydrogen-bond acceptors (Lipinski definition) is 4. The van der Waals surface area contributed by atoms with Gasteiger partial charge in [0.1, 0.15) is 5.82 Å². The standard InChI is InChI=1S/C26H30N4O3/c1-17-27-15-21(25(32)28-17)8-11-24(31)29-13-12-22-9-10-23(16-29)30(22)26(33)20-7-6-18-4-2-3-5-19(18)14-20/h2-5,8,11,15,20,22-23H,6-7,9-10,12-14,16H2,1H3,(H,27,28,32)/b11-8+. The lowest BCUT2D eigenvalue weighted by Gasteiger charge is -2.34. The number of amides is 2. The average Bonchev–Trinajstić information content (AvgIpc) is 3.11. The molecule has 0 radical (unpaired) electrons. The number of fused-ring (bicyclic) bond motifs is 3. The van der Waals surface area contributed by atoms with E-state index in [0.717, 1.165) is 38.5 Å². The molecule has 2 bridgehead atoms. The normalized spacial score (nSPS) is 24.6. The van der Waals surface area contributed by atoms with Gasteiger partial charge in [0.15, 0.2) is 0 Å². The average molecular weight is 447 g/mol. The van der Waals surface area contributed by atoms with E-state index in [-0.39, 0.29) is 35.4 Å². The van der Waals surface area contributed by atoms with E-state index in [0.29, 0.717) is 24.5 Å². The van der Waals surface area contributed by atoms with Crippen molar-refractivity contribution in [3.05, 3.63) is 69.4 Å². The van der Waals surface area contributed by atoms with Gasteiger partial charge in [-0.05, 0) is 62.7 Å². The fourth-order valence-corrected chi connectivity index (χ4v) is 5.63. The molecule has 0 saturated carbocycles. The third-order valence-electron chi connectivity index (χ3n) is 7.40. The molecule has 1 aromatic heterocycles. The number of carbonyl (C=O) groups excluding carboxylic acids is 2. The second-order valence-corrected chi connectivity index (χ2v) is 9.50. The molecule has 3 atom stereocenters. The zero-order chi connectivity index (χ0) is 22.9. The second-order valence-electron chi connectivity index (χ2n) is 9.50. The Kier molecular flexibility index (Phi) is 5.87. The molecule has 5 rings (SSSR count). The van der Waals surface area contributed by atoms with Crippen LogP contribution in [0.5, 0.6) is 0 Å². The van der Waals surface area contributed by atoms with Crippen molar-refractivity contribution in [2.75, 3.05) is 13.1 Å². The maximum Gasteiger partial charge on any atom is 0.258 e. The largest absolute Gasteiger partial charge is 0.337 e. The van der Waals surface area contributed by atoms with Crippen LogP contribution in [0.3, 0.4) is 0 Å². The Labute approximate surface area is 193 Å². The summed E-state index contributed by atoms with van der Waals surface area (Å²) in [4.78, 5) is 49.2. The highest BCUT2D eigenvalue weighted by Crippen LogP contribution is 2.35. The number of benzene rings is 1. The molecule has 1 N–H and O–H groups in total. The Morgan fingerprint density at radius 2 is 1.88 bits per heavy atom. The molecule has 33 heavy (non-hydrogen) atoms. The Balaban J connectivity index is 1.27. The molecular weight excluding hydrogens is 416 g/mol. The number of H-pyrrole nitrogens is 1. The summed E-state index contributed by atoms with van der Waals surface area (Å²) in [5.74, 6) is 0.713. The predicted molar refractivity (Wildman–Crippen MR) is 125 cm³/mol. The lowest BCUT2D eigenvalue weighted by molar-refractivity contribution is -0.139. The number of rotatable bonds is 3. The summed E-state index contributed by atoms with van der Waals surface area (Å²) < 4.78 is 0. The van der Waals surface area contributed by atoms with Gasteiger partial charge in [-0.3, -0.25) is 14.4 Å². The maximum atomic E-state index is 13.6. The summed E-state index contributed by atoms with van der Waals surface area (Å²) >= 11 is 0. The molecule has 1 aliphatic carbocycles. The lowest BCUT2D eigenvalue weighted by atomic mass is 9.83. The van der Waals surface area contributed by atoms with Crippen molar-refractivity contribution in [1.29, 1.82) is 0 Å². The summed E-state index contributed by atoms with van der Waals surface area (Å²) in [6, 6.07) is 8.73. The Morgan fingerprint density at radius 1 is 1.09 bits per heavy atom. The highest BCUT2D eigenvalue weighted by molar-refractivity contribution is 5.92. The van der Waals surface area contributed by atoms with Gasteiger partial charge in [0, 0.05) is 43.4 Å². The van der Waals surface area contributed by atoms with E-state index in [1.807, 2.05) is 4.90 Å². The van der Waals surface area contributed by atoms with E-state index in [1.54, 1.807) is 6.92 Å². The number of hydrogen-bond donors (Lipinski definition) is 1. The van der Waals surface area contributed by atoms with Gasteiger partial charge >= 0.3 is 0 Å². The molecule has 7 nitrogen and oxygen atoms in total. The van der Waals surface area contributed by atoms with Crippen molar-refractivity contribution in [2.45, 2.75) is 57.5 Å². The van der Waals surface area contributed by atoms with Crippen molar-refractivity contribution < 1.29 is 9.59 Å². The van der Waals surface area contributed by atoms with Crippen molar-refractivity contribution in [2.24, 2.45) is 5.92 Å². The van der Waals surface area contributed by atoms with E-state index in [4.69, 9.17) is 0 Å². The SMILES string of the molecule is Cc1ncc(/C=C/C(=O)N2CCC3CCC(C2)N3C(=O)C2CCc3ccccc3C2)c(=O)[nH]1. The van der Waals surface area contributed by atoms with Crippen LogP contribution < -0.4 is 5.56 Å². The number of nitrogens with zero attached hydrogens (tertiary/aromatic N) is 3. The molecular formula is C26H30N4O3. The van der Waals surface area contributed by atoms with Crippen LogP contribution in [0.2, 0.25) is 0 Å². The predicted octanol–water partition coefficient (Wildman–Crippen LogP) is 2.49. The zero-order valence-electron chi connectivity index (χ0n) is 19.0. The monoisotopic (exact) mass is 446 g/mol. The van der Waals surface area contributed by atoms with E-state index in [2.05, 4.69) is 39.1 Å². The fraction of sp³-hybridized carbons (Fsp3) is 0.462. The zero-order valence-corrected chi connectivity index (χ0v) is 19.0. The van der Waals surface area contributed by atoms with Crippen molar-refractivity contribution in [3.63, 3.8) is 0 Å². The molecule has 1 aromatic carbocycles. The number of carbonyl (C=O) groups is 2. The number of nitrogens with one attached hydrogen (secondary N) is 1. The van der Waals surface area contributed by atoms with Gasteiger partial charge in [-0.15, -0.1) is 0 Å². The van der Waals surface area contributed by atoms with Gasteiger partial charge in [-0.1, -0.05) is 24.3 Å². The molecule has 2 fully saturated rings. The van der Waals surface area contributed by atoms with Crippen LogP contribution in [0, 0.1) is 12.8 Å². The van der Waals surface area contributed by atoms with Crippen molar-refractivity contribution >= 4 is 17.9 Å². The number of aromatic nitrogens is 2. The van der Waals surface area contributed by atoms with E-state index in [1.165, 1.54) is 29.5 Å². The van der Waals surface area contributed by atoms with Crippen LogP contribution >= 0.6 is 0 Å². The number of likely N-dealkylation sites (tertiary alicyclic amines) is 1. The molecule has 2 aliphatic heterocycles. The first-order valence-electron chi connectivity index (χ1n) is 11.9. The molecule has 2 amide bonds.